The monoisotopic (exact) mass is 429 g/mol. The van der Waals surface area contributed by atoms with E-state index in [1.165, 1.54) is 0 Å². The lowest BCUT2D eigenvalue weighted by Crippen LogP contribution is -2.28. The number of aromatic amines is 1. The van der Waals surface area contributed by atoms with Gasteiger partial charge in [0.15, 0.2) is 0 Å². The molecule has 0 saturated heterocycles. The summed E-state index contributed by atoms with van der Waals surface area (Å²) in [6.07, 6.45) is 5.40. The minimum Gasteiger partial charge on any atom is -0.348 e. The van der Waals surface area contributed by atoms with Crippen molar-refractivity contribution in [3.05, 3.63) is 81.2 Å². The Kier molecular flexibility index (Phi) is 5.65. The van der Waals surface area contributed by atoms with Gasteiger partial charge in [-0.1, -0.05) is 0 Å². The number of nitrogens with one attached hydrogen (secondary N) is 2. The molecule has 32 heavy (non-hydrogen) atoms. The maximum absolute atomic E-state index is 13.4. The average molecular weight is 430 g/mol. The number of fused-ring (bicyclic) bond motifs is 1. The first-order valence-electron chi connectivity index (χ1n) is 10.7. The SMILES string of the molecule is Cc1cc(C)c(CNC(=O)c2cc(-c3ccnnc3)cc3c2c(C)cn3C(C)C)c(=O)[nH]1. The summed E-state index contributed by atoms with van der Waals surface area (Å²) in [4.78, 5) is 28.6. The van der Waals surface area contributed by atoms with Crippen LogP contribution in [0.4, 0.5) is 0 Å². The zero-order valence-electron chi connectivity index (χ0n) is 19.0. The summed E-state index contributed by atoms with van der Waals surface area (Å²) < 4.78 is 2.17. The van der Waals surface area contributed by atoms with E-state index in [1.807, 2.05) is 39.0 Å². The molecule has 7 heteroatoms. The fourth-order valence-corrected chi connectivity index (χ4v) is 4.19. The van der Waals surface area contributed by atoms with Crippen LogP contribution in [0.25, 0.3) is 22.0 Å². The van der Waals surface area contributed by atoms with Gasteiger partial charge in [0.25, 0.3) is 11.5 Å². The van der Waals surface area contributed by atoms with Gasteiger partial charge in [0.05, 0.1) is 12.4 Å². The quantitative estimate of drug-likeness (QED) is 0.497. The van der Waals surface area contributed by atoms with E-state index in [4.69, 9.17) is 0 Å². The smallest absolute Gasteiger partial charge is 0.253 e. The molecule has 4 rings (SSSR count). The van der Waals surface area contributed by atoms with E-state index in [0.717, 1.165) is 38.9 Å². The van der Waals surface area contributed by atoms with Crippen molar-refractivity contribution in [1.82, 2.24) is 25.1 Å². The third-order valence-electron chi connectivity index (χ3n) is 5.76. The number of benzene rings is 1. The molecule has 0 fully saturated rings. The van der Waals surface area contributed by atoms with Crippen LogP contribution in [0.2, 0.25) is 0 Å². The van der Waals surface area contributed by atoms with Gasteiger partial charge in [-0.25, -0.2) is 0 Å². The molecule has 0 bridgehead atoms. The van der Waals surface area contributed by atoms with Crippen LogP contribution in [-0.4, -0.2) is 25.7 Å². The highest BCUT2D eigenvalue weighted by molar-refractivity contribution is 6.09. The summed E-state index contributed by atoms with van der Waals surface area (Å²) in [7, 11) is 0. The highest BCUT2D eigenvalue weighted by Gasteiger charge is 2.19. The third-order valence-corrected chi connectivity index (χ3v) is 5.76. The predicted molar refractivity (Wildman–Crippen MR) is 126 cm³/mol. The maximum atomic E-state index is 13.4. The number of rotatable bonds is 5. The molecule has 0 atom stereocenters. The predicted octanol–water partition coefficient (Wildman–Crippen LogP) is 4.22. The van der Waals surface area contributed by atoms with Crippen molar-refractivity contribution in [2.24, 2.45) is 0 Å². The standard InChI is InChI=1S/C25H27N5O2/c1-14(2)30-13-16(4)23-20(9-19(10-22(23)30)18-6-7-27-28-11-18)24(31)26-12-21-15(3)8-17(5)29-25(21)32/h6-11,13-14H,12H2,1-5H3,(H,26,31)(H,29,32). The van der Waals surface area contributed by atoms with E-state index in [0.29, 0.717) is 11.1 Å². The second-order valence-electron chi connectivity index (χ2n) is 8.49. The lowest BCUT2D eigenvalue weighted by molar-refractivity contribution is 0.0952. The molecule has 0 spiro atoms. The first-order chi connectivity index (χ1) is 15.3. The summed E-state index contributed by atoms with van der Waals surface area (Å²) in [5.41, 5.74) is 6.41. The molecule has 0 aliphatic heterocycles. The molecule has 0 radical (unpaired) electrons. The van der Waals surface area contributed by atoms with Gasteiger partial charge >= 0.3 is 0 Å². The summed E-state index contributed by atoms with van der Waals surface area (Å²) in [5.74, 6) is -0.220. The molecule has 0 aliphatic rings. The molecule has 3 aromatic heterocycles. The van der Waals surface area contributed by atoms with Gasteiger partial charge in [-0.3, -0.25) is 9.59 Å². The minimum atomic E-state index is -0.220. The van der Waals surface area contributed by atoms with E-state index >= 15 is 0 Å². The van der Waals surface area contributed by atoms with Crippen molar-refractivity contribution in [2.75, 3.05) is 0 Å². The number of H-pyrrole nitrogens is 1. The minimum absolute atomic E-state index is 0.159. The van der Waals surface area contributed by atoms with Crippen LogP contribution in [0.15, 0.2) is 47.7 Å². The molecule has 0 saturated carbocycles. The number of carbonyl (C=O) groups is 1. The summed E-state index contributed by atoms with van der Waals surface area (Å²) in [5, 5.41) is 11.7. The van der Waals surface area contributed by atoms with E-state index < -0.39 is 0 Å². The van der Waals surface area contributed by atoms with E-state index in [9.17, 15) is 9.59 Å². The van der Waals surface area contributed by atoms with Crippen molar-refractivity contribution in [3.8, 4) is 11.1 Å². The van der Waals surface area contributed by atoms with E-state index in [-0.39, 0.29) is 24.1 Å². The number of amides is 1. The molecule has 2 N–H and O–H groups in total. The van der Waals surface area contributed by atoms with Crippen LogP contribution in [-0.2, 0) is 6.54 Å². The van der Waals surface area contributed by atoms with Crippen LogP contribution in [0, 0.1) is 20.8 Å². The Morgan fingerprint density at radius 1 is 1.09 bits per heavy atom. The molecule has 164 valence electrons. The van der Waals surface area contributed by atoms with Crippen LogP contribution in [0.1, 0.15) is 52.6 Å². The Balaban J connectivity index is 1.80. The van der Waals surface area contributed by atoms with Crippen LogP contribution < -0.4 is 10.9 Å². The number of hydrogen-bond donors (Lipinski definition) is 2. The summed E-state index contributed by atoms with van der Waals surface area (Å²) >= 11 is 0. The molecular weight excluding hydrogens is 402 g/mol. The van der Waals surface area contributed by atoms with Gasteiger partial charge in [0.2, 0.25) is 0 Å². The second-order valence-corrected chi connectivity index (χ2v) is 8.49. The van der Waals surface area contributed by atoms with Crippen LogP contribution >= 0.6 is 0 Å². The molecule has 1 amide bonds. The topological polar surface area (TPSA) is 92.7 Å². The fraction of sp³-hybridized carbons (Fsp3) is 0.280. The normalized spacial score (nSPS) is 11.3. The zero-order chi connectivity index (χ0) is 23.0. The molecule has 3 heterocycles. The third kappa shape index (κ3) is 3.93. The van der Waals surface area contributed by atoms with Gasteiger partial charge in [-0.05, 0) is 75.6 Å². The number of aryl methyl sites for hydroxylation is 3. The number of aromatic nitrogens is 4. The maximum Gasteiger partial charge on any atom is 0.253 e. The Hall–Kier alpha value is -3.74. The number of carbonyl (C=O) groups excluding carboxylic acids is 1. The van der Waals surface area contributed by atoms with Gasteiger partial charge in [0, 0.05) is 52.1 Å². The molecule has 0 aliphatic carbocycles. The van der Waals surface area contributed by atoms with Gasteiger partial charge in [-0.2, -0.15) is 10.2 Å². The van der Waals surface area contributed by atoms with E-state index in [1.54, 1.807) is 12.4 Å². The Morgan fingerprint density at radius 2 is 1.88 bits per heavy atom. The van der Waals surface area contributed by atoms with Crippen molar-refractivity contribution in [3.63, 3.8) is 0 Å². The van der Waals surface area contributed by atoms with Crippen LogP contribution in [0.3, 0.4) is 0 Å². The Morgan fingerprint density at radius 3 is 2.53 bits per heavy atom. The van der Waals surface area contributed by atoms with E-state index in [2.05, 4.69) is 51.2 Å². The Bertz CT molecular complexity index is 1370. The number of nitrogens with zero attached hydrogens (tertiary/aromatic N) is 3. The second kappa shape index (κ2) is 8.42. The van der Waals surface area contributed by atoms with Gasteiger partial charge < -0.3 is 14.9 Å². The fourth-order valence-electron chi connectivity index (χ4n) is 4.19. The molecular formula is C25H27N5O2. The van der Waals surface area contributed by atoms with Gasteiger partial charge in [-0.15, -0.1) is 0 Å². The molecule has 7 nitrogen and oxygen atoms in total. The molecule has 0 unspecified atom stereocenters. The van der Waals surface area contributed by atoms with Gasteiger partial charge in [0.1, 0.15) is 0 Å². The lowest BCUT2D eigenvalue weighted by Gasteiger charge is -2.14. The first-order valence-corrected chi connectivity index (χ1v) is 10.7. The largest absolute Gasteiger partial charge is 0.348 e. The van der Waals surface area contributed by atoms with Crippen LogP contribution in [0.5, 0.6) is 0 Å². The number of pyridine rings is 1. The van der Waals surface area contributed by atoms with Crippen molar-refractivity contribution < 1.29 is 4.79 Å². The Labute approximate surface area is 186 Å². The summed E-state index contributed by atoms with van der Waals surface area (Å²) in [6.45, 7) is 10.1. The summed E-state index contributed by atoms with van der Waals surface area (Å²) in [6, 6.07) is 8.00. The zero-order valence-corrected chi connectivity index (χ0v) is 19.0. The first kappa shape index (κ1) is 21.5. The average Bonchev–Trinajstić information content (AvgIpc) is 3.09. The van der Waals surface area contributed by atoms with Crippen molar-refractivity contribution in [2.45, 2.75) is 47.2 Å². The number of hydrogen-bond acceptors (Lipinski definition) is 4. The molecule has 4 aromatic rings. The molecule has 1 aromatic carbocycles. The van der Waals surface area contributed by atoms with Crippen molar-refractivity contribution in [1.29, 1.82) is 0 Å². The lowest BCUT2D eigenvalue weighted by atomic mass is 9.99. The highest BCUT2D eigenvalue weighted by Crippen LogP contribution is 2.32. The highest BCUT2D eigenvalue weighted by atomic mass is 16.1. The van der Waals surface area contributed by atoms with Crippen molar-refractivity contribution >= 4 is 16.8 Å².